The zero-order valence-electron chi connectivity index (χ0n) is 9.54. The minimum atomic E-state index is 0.00376. The van der Waals surface area contributed by atoms with Gasteiger partial charge in [-0.25, -0.2) is 0 Å². The van der Waals surface area contributed by atoms with Crippen molar-refractivity contribution in [1.29, 1.82) is 0 Å². The molecule has 0 unspecified atom stereocenters. The van der Waals surface area contributed by atoms with Crippen LogP contribution in [0.15, 0.2) is 47.7 Å². The molecule has 0 bridgehead atoms. The van der Waals surface area contributed by atoms with Crippen LogP contribution < -0.4 is 11.3 Å². The minimum absolute atomic E-state index is 0.00376. The highest BCUT2D eigenvalue weighted by Gasteiger charge is 2.01. The van der Waals surface area contributed by atoms with Gasteiger partial charge in [-0.3, -0.25) is 9.78 Å². The SMILES string of the molecule is NCc1cccn(CCc2ccncc2)c1=O. The molecule has 0 aliphatic heterocycles. The second kappa shape index (κ2) is 5.41. The molecule has 0 atom stereocenters. The first kappa shape index (κ1) is 11.5. The van der Waals surface area contributed by atoms with Gasteiger partial charge in [0.1, 0.15) is 0 Å². The summed E-state index contributed by atoms with van der Waals surface area (Å²) in [5, 5.41) is 0. The molecule has 0 aliphatic carbocycles. The molecule has 2 heterocycles. The van der Waals surface area contributed by atoms with Crippen molar-refractivity contribution in [1.82, 2.24) is 9.55 Å². The van der Waals surface area contributed by atoms with Gasteiger partial charge in [0, 0.05) is 37.2 Å². The lowest BCUT2D eigenvalue weighted by Gasteiger charge is -2.07. The second-order valence-electron chi connectivity index (χ2n) is 3.84. The molecule has 4 nitrogen and oxygen atoms in total. The molecule has 0 amide bonds. The van der Waals surface area contributed by atoms with Crippen LogP contribution in [0.25, 0.3) is 0 Å². The zero-order valence-corrected chi connectivity index (χ0v) is 9.54. The number of hydrogen-bond donors (Lipinski definition) is 1. The molecule has 0 spiro atoms. The number of nitrogens with two attached hydrogens (primary N) is 1. The summed E-state index contributed by atoms with van der Waals surface area (Å²) in [5.74, 6) is 0. The number of aromatic nitrogens is 2. The summed E-state index contributed by atoms with van der Waals surface area (Å²) in [7, 11) is 0. The van der Waals surface area contributed by atoms with E-state index in [-0.39, 0.29) is 12.1 Å². The Bertz CT molecular complexity index is 534. The molecule has 2 aromatic heterocycles. The molecule has 0 aliphatic rings. The topological polar surface area (TPSA) is 60.9 Å². The molecule has 17 heavy (non-hydrogen) atoms. The van der Waals surface area contributed by atoms with Crippen LogP contribution in [0, 0.1) is 0 Å². The van der Waals surface area contributed by atoms with Crippen molar-refractivity contribution < 1.29 is 0 Å². The van der Waals surface area contributed by atoms with E-state index in [2.05, 4.69) is 4.98 Å². The lowest BCUT2D eigenvalue weighted by Crippen LogP contribution is -2.25. The van der Waals surface area contributed by atoms with Crippen molar-refractivity contribution in [3.8, 4) is 0 Å². The van der Waals surface area contributed by atoms with E-state index < -0.39 is 0 Å². The van der Waals surface area contributed by atoms with Gasteiger partial charge < -0.3 is 10.3 Å². The smallest absolute Gasteiger partial charge is 0.255 e. The Balaban J connectivity index is 2.12. The molecule has 0 saturated carbocycles. The molecular formula is C13H15N3O. The van der Waals surface area contributed by atoms with Gasteiger partial charge in [-0.05, 0) is 30.2 Å². The summed E-state index contributed by atoms with van der Waals surface area (Å²) >= 11 is 0. The van der Waals surface area contributed by atoms with Crippen LogP contribution in [0.3, 0.4) is 0 Å². The molecule has 0 aromatic carbocycles. The van der Waals surface area contributed by atoms with E-state index in [1.54, 1.807) is 29.2 Å². The summed E-state index contributed by atoms with van der Waals surface area (Å²) < 4.78 is 1.70. The third-order valence-electron chi connectivity index (χ3n) is 2.71. The Hall–Kier alpha value is -1.94. The average Bonchev–Trinajstić information content (AvgIpc) is 2.39. The predicted molar refractivity (Wildman–Crippen MR) is 66.5 cm³/mol. The summed E-state index contributed by atoms with van der Waals surface area (Å²) in [5.41, 5.74) is 7.34. The van der Waals surface area contributed by atoms with Crippen LogP contribution in [0.2, 0.25) is 0 Å². The average molecular weight is 229 g/mol. The molecule has 2 rings (SSSR count). The molecule has 0 fully saturated rings. The third kappa shape index (κ3) is 2.79. The predicted octanol–water partition coefficient (Wildman–Crippen LogP) is 0.945. The van der Waals surface area contributed by atoms with E-state index in [0.29, 0.717) is 12.1 Å². The lowest BCUT2D eigenvalue weighted by molar-refractivity contribution is 0.661. The first-order chi connectivity index (χ1) is 8.31. The van der Waals surface area contributed by atoms with Crippen LogP contribution in [0.1, 0.15) is 11.1 Å². The van der Waals surface area contributed by atoms with Crippen LogP contribution in [0.4, 0.5) is 0 Å². The molecule has 2 N–H and O–H groups in total. The van der Waals surface area contributed by atoms with Crippen molar-refractivity contribution in [3.05, 3.63) is 64.3 Å². The number of hydrogen-bond acceptors (Lipinski definition) is 3. The normalized spacial score (nSPS) is 10.4. The van der Waals surface area contributed by atoms with Gasteiger partial charge in [-0.2, -0.15) is 0 Å². The molecule has 0 radical (unpaired) electrons. The van der Waals surface area contributed by atoms with Crippen LogP contribution >= 0.6 is 0 Å². The Labute approximate surface area is 99.7 Å². The summed E-state index contributed by atoms with van der Waals surface area (Å²) in [4.78, 5) is 15.9. The second-order valence-corrected chi connectivity index (χ2v) is 3.84. The van der Waals surface area contributed by atoms with Crippen LogP contribution in [-0.2, 0) is 19.5 Å². The highest BCUT2D eigenvalue weighted by Crippen LogP contribution is 1.99. The first-order valence-electron chi connectivity index (χ1n) is 5.58. The zero-order chi connectivity index (χ0) is 12.1. The Morgan fingerprint density at radius 3 is 2.71 bits per heavy atom. The lowest BCUT2D eigenvalue weighted by atomic mass is 10.2. The number of aryl methyl sites for hydroxylation is 2. The van der Waals surface area contributed by atoms with Crippen molar-refractivity contribution in [3.63, 3.8) is 0 Å². The monoisotopic (exact) mass is 229 g/mol. The maximum atomic E-state index is 11.9. The Morgan fingerprint density at radius 1 is 1.24 bits per heavy atom. The van der Waals surface area contributed by atoms with E-state index in [1.165, 1.54) is 5.56 Å². The molecule has 0 saturated heterocycles. The Kier molecular flexibility index (Phi) is 3.67. The van der Waals surface area contributed by atoms with Gasteiger partial charge in [-0.1, -0.05) is 6.07 Å². The van der Waals surface area contributed by atoms with E-state index >= 15 is 0 Å². The summed E-state index contributed by atoms with van der Waals surface area (Å²) in [6.45, 7) is 0.950. The maximum absolute atomic E-state index is 11.9. The van der Waals surface area contributed by atoms with E-state index in [9.17, 15) is 4.79 Å². The van der Waals surface area contributed by atoms with E-state index in [0.717, 1.165) is 6.42 Å². The Morgan fingerprint density at radius 2 is 2.00 bits per heavy atom. The summed E-state index contributed by atoms with van der Waals surface area (Å²) in [6, 6.07) is 7.54. The third-order valence-corrected chi connectivity index (χ3v) is 2.71. The highest BCUT2D eigenvalue weighted by molar-refractivity contribution is 5.12. The highest BCUT2D eigenvalue weighted by atomic mass is 16.1. The van der Waals surface area contributed by atoms with Gasteiger partial charge in [0.05, 0.1) is 0 Å². The maximum Gasteiger partial charge on any atom is 0.255 e. The van der Waals surface area contributed by atoms with E-state index in [1.807, 2.05) is 18.2 Å². The van der Waals surface area contributed by atoms with Gasteiger partial charge in [0.2, 0.25) is 0 Å². The largest absolute Gasteiger partial charge is 0.326 e. The van der Waals surface area contributed by atoms with Crippen molar-refractivity contribution in [2.75, 3.05) is 0 Å². The van der Waals surface area contributed by atoms with Gasteiger partial charge in [-0.15, -0.1) is 0 Å². The van der Waals surface area contributed by atoms with Gasteiger partial charge in [0.15, 0.2) is 0 Å². The fourth-order valence-electron chi connectivity index (χ4n) is 1.72. The number of nitrogens with zero attached hydrogens (tertiary/aromatic N) is 2. The van der Waals surface area contributed by atoms with E-state index in [4.69, 9.17) is 5.73 Å². The molecule has 2 aromatic rings. The van der Waals surface area contributed by atoms with Gasteiger partial charge in [0.25, 0.3) is 5.56 Å². The van der Waals surface area contributed by atoms with Crippen molar-refractivity contribution >= 4 is 0 Å². The quantitative estimate of drug-likeness (QED) is 0.849. The standard InChI is InChI=1S/C13H15N3O/c14-10-12-2-1-8-16(13(12)17)9-5-11-3-6-15-7-4-11/h1-4,6-8H,5,9-10,14H2. The number of rotatable bonds is 4. The number of pyridine rings is 2. The van der Waals surface area contributed by atoms with Crippen molar-refractivity contribution in [2.24, 2.45) is 5.73 Å². The van der Waals surface area contributed by atoms with Crippen LogP contribution in [-0.4, -0.2) is 9.55 Å². The molecular weight excluding hydrogens is 214 g/mol. The summed E-state index contributed by atoms with van der Waals surface area (Å²) in [6.07, 6.45) is 6.13. The van der Waals surface area contributed by atoms with Crippen molar-refractivity contribution in [2.45, 2.75) is 19.5 Å². The fraction of sp³-hybridized carbons (Fsp3) is 0.231. The minimum Gasteiger partial charge on any atom is -0.326 e. The molecule has 88 valence electrons. The van der Waals surface area contributed by atoms with Crippen LogP contribution in [0.5, 0.6) is 0 Å². The fourth-order valence-corrected chi connectivity index (χ4v) is 1.72. The van der Waals surface area contributed by atoms with Gasteiger partial charge >= 0.3 is 0 Å². The first-order valence-corrected chi connectivity index (χ1v) is 5.58. The molecule has 4 heteroatoms.